The number of rotatable bonds is 12. The molecule has 8 heteroatoms. The Hall–Kier alpha value is -1.64. The monoisotopic (exact) mass is 372 g/mol. The second-order valence-electron chi connectivity index (χ2n) is 6.07. The van der Waals surface area contributed by atoms with Gasteiger partial charge < -0.3 is 15.2 Å². The second-order valence-corrected chi connectivity index (χ2v) is 7.81. The van der Waals surface area contributed by atoms with Crippen LogP contribution in [0.4, 0.5) is 5.69 Å². The van der Waals surface area contributed by atoms with Gasteiger partial charge in [0.05, 0.1) is 11.3 Å². The van der Waals surface area contributed by atoms with Crippen LogP contribution in [-0.2, 0) is 14.8 Å². The van der Waals surface area contributed by atoms with Gasteiger partial charge in [-0.2, -0.15) is 0 Å². The zero-order chi connectivity index (χ0) is 18.9. The number of carboxylic acid groups (broad SMARTS) is 1. The van der Waals surface area contributed by atoms with Crippen LogP contribution >= 0.6 is 0 Å². The third-order valence-electron chi connectivity index (χ3n) is 3.52. The molecule has 0 saturated carbocycles. The van der Waals surface area contributed by atoms with Crippen LogP contribution in [-0.4, -0.2) is 45.8 Å². The third kappa shape index (κ3) is 7.41. The summed E-state index contributed by atoms with van der Waals surface area (Å²) in [6.07, 6.45) is 1.42. The molecule has 1 aromatic carbocycles. The molecule has 3 N–H and O–H groups in total. The van der Waals surface area contributed by atoms with Crippen LogP contribution in [0.1, 0.15) is 44.0 Å². The number of aromatic carboxylic acids is 1. The van der Waals surface area contributed by atoms with Crippen molar-refractivity contribution in [2.75, 3.05) is 31.6 Å². The summed E-state index contributed by atoms with van der Waals surface area (Å²) >= 11 is 0. The Kier molecular flexibility index (Phi) is 8.88. The molecule has 1 aromatic rings. The van der Waals surface area contributed by atoms with Crippen LogP contribution < -0.4 is 10.0 Å². The normalized spacial score (nSPS) is 11.7. The Labute approximate surface area is 149 Å². The van der Waals surface area contributed by atoms with E-state index in [0.29, 0.717) is 44.3 Å². The Balaban J connectivity index is 2.94. The molecule has 0 atom stereocenters. The molecule has 0 unspecified atom stereocenters. The molecule has 1 rings (SSSR count). The van der Waals surface area contributed by atoms with E-state index >= 15 is 0 Å². The zero-order valence-corrected chi connectivity index (χ0v) is 15.9. The molecule has 7 nitrogen and oxygen atoms in total. The van der Waals surface area contributed by atoms with Crippen LogP contribution in [0.25, 0.3) is 0 Å². The number of nitrogens with one attached hydrogen (secondary N) is 2. The molecule has 0 fully saturated rings. The molecule has 0 bridgehead atoms. The molecular formula is C17H28N2O5S. The van der Waals surface area contributed by atoms with Crippen molar-refractivity contribution in [2.45, 2.75) is 38.5 Å². The molecule has 0 aliphatic rings. The summed E-state index contributed by atoms with van der Waals surface area (Å²) in [5.74, 6) is -0.800. The molecule has 0 aliphatic heterocycles. The number of anilines is 1. The second kappa shape index (κ2) is 10.4. The van der Waals surface area contributed by atoms with Gasteiger partial charge in [-0.15, -0.1) is 0 Å². The minimum atomic E-state index is -3.80. The van der Waals surface area contributed by atoms with Crippen molar-refractivity contribution in [1.29, 1.82) is 0 Å². The van der Waals surface area contributed by atoms with E-state index in [4.69, 9.17) is 9.84 Å². The van der Waals surface area contributed by atoms with Crippen molar-refractivity contribution < 1.29 is 23.1 Å². The average molecular weight is 372 g/mol. The maximum absolute atomic E-state index is 12.6. The molecule has 142 valence electrons. The van der Waals surface area contributed by atoms with Crippen LogP contribution in [0.15, 0.2) is 23.1 Å². The SMILES string of the molecule is CCOCCCNc1ccc(C(=O)O)cc1S(=O)(=O)NCCC(C)C. The lowest BCUT2D eigenvalue weighted by molar-refractivity contribution is 0.0696. The third-order valence-corrected chi connectivity index (χ3v) is 5.02. The molecule has 0 aromatic heterocycles. The first-order valence-corrected chi connectivity index (χ1v) is 9.95. The smallest absolute Gasteiger partial charge is 0.335 e. The van der Waals surface area contributed by atoms with Gasteiger partial charge in [-0.3, -0.25) is 0 Å². The molecule has 0 spiro atoms. The summed E-state index contributed by atoms with van der Waals surface area (Å²) in [7, 11) is -3.80. The van der Waals surface area contributed by atoms with Gasteiger partial charge in [0.25, 0.3) is 0 Å². The van der Waals surface area contributed by atoms with E-state index in [1.165, 1.54) is 18.2 Å². The quantitative estimate of drug-likeness (QED) is 0.487. The standard InChI is InChI=1S/C17H28N2O5S/c1-4-24-11-5-9-18-15-7-6-14(17(20)21)12-16(15)25(22,23)19-10-8-13(2)3/h6-7,12-13,18-19H,4-5,8-11H2,1-3H3,(H,20,21). The number of benzene rings is 1. The summed E-state index contributed by atoms with van der Waals surface area (Å²) in [6, 6.07) is 4.06. The van der Waals surface area contributed by atoms with Crippen molar-refractivity contribution in [3.05, 3.63) is 23.8 Å². The summed E-state index contributed by atoms with van der Waals surface area (Å²) in [4.78, 5) is 11.1. The largest absolute Gasteiger partial charge is 0.478 e. The summed E-state index contributed by atoms with van der Waals surface area (Å²) < 4.78 is 32.9. The van der Waals surface area contributed by atoms with E-state index < -0.39 is 16.0 Å². The molecule has 0 amide bonds. The summed E-state index contributed by atoms with van der Waals surface area (Å²) in [5.41, 5.74) is 0.322. The van der Waals surface area contributed by atoms with E-state index in [2.05, 4.69) is 10.0 Å². The first kappa shape index (κ1) is 21.4. The Morgan fingerprint density at radius 3 is 2.60 bits per heavy atom. The number of ether oxygens (including phenoxy) is 1. The molecule has 0 aliphatic carbocycles. The molecular weight excluding hydrogens is 344 g/mol. The van der Waals surface area contributed by atoms with Gasteiger partial charge in [-0.25, -0.2) is 17.9 Å². The average Bonchev–Trinajstić information content (AvgIpc) is 2.54. The number of carboxylic acids is 1. The van der Waals surface area contributed by atoms with Crippen LogP contribution in [0.3, 0.4) is 0 Å². The molecule has 0 saturated heterocycles. The minimum Gasteiger partial charge on any atom is -0.478 e. The fourth-order valence-corrected chi connectivity index (χ4v) is 3.38. The lowest BCUT2D eigenvalue weighted by atomic mass is 10.1. The van der Waals surface area contributed by atoms with Gasteiger partial charge in [0.15, 0.2) is 0 Å². The number of carbonyl (C=O) groups is 1. The predicted molar refractivity (Wildman–Crippen MR) is 97.6 cm³/mol. The van der Waals surface area contributed by atoms with Crippen molar-refractivity contribution in [2.24, 2.45) is 5.92 Å². The van der Waals surface area contributed by atoms with E-state index in [0.717, 1.165) is 6.42 Å². The fourth-order valence-electron chi connectivity index (χ4n) is 2.13. The van der Waals surface area contributed by atoms with Crippen molar-refractivity contribution in [3.63, 3.8) is 0 Å². The van der Waals surface area contributed by atoms with E-state index in [1.54, 1.807) is 0 Å². The lowest BCUT2D eigenvalue weighted by Crippen LogP contribution is -2.27. The van der Waals surface area contributed by atoms with Crippen LogP contribution in [0.5, 0.6) is 0 Å². The Morgan fingerprint density at radius 2 is 2.00 bits per heavy atom. The zero-order valence-electron chi connectivity index (χ0n) is 15.0. The van der Waals surface area contributed by atoms with Gasteiger partial charge in [-0.1, -0.05) is 13.8 Å². The highest BCUT2D eigenvalue weighted by molar-refractivity contribution is 7.89. The Morgan fingerprint density at radius 1 is 1.28 bits per heavy atom. The highest BCUT2D eigenvalue weighted by atomic mass is 32.2. The van der Waals surface area contributed by atoms with Crippen molar-refractivity contribution in [3.8, 4) is 0 Å². The first-order chi connectivity index (χ1) is 11.8. The van der Waals surface area contributed by atoms with Gasteiger partial charge >= 0.3 is 5.97 Å². The maximum Gasteiger partial charge on any atom is 0.335 e. The van der Waals surface area contributed by atoms with E-state index in [-0.39, 0.29) is 10.5 Å². The predicted octanol–water partition coefficient (Wildman–Crippen LogP) is 2.55. The van der Waals surface area contributed by atoms with Crippen molar-refractivity contribution in [1.82, 2.24) is 4.72 Å². The summed E-state index contributed by atoms with van der Waals surface area (Å²) in [6.45, 7) is 7.96. The maximum atomic E-state index is 12.6. The van der Waals surface area contributed by atoms with Gasteiger partial charge in [0.2, 0.25) is 10.0 Å². The van der Waals surface area contributed by atoms with Crippen LogP contribution in [0, 0.1) is 5.92 Å². The topological polar surface area (TPSA) is 105 Å². The Bertz CT molecular complexity index is 659. The van der Waals surface area contributed by atoms with Crippen LogP contribution in [0.2, 0.25) is 0 Å². The van der Waals surface area contributed by atoms with E-state index in [9.17, 15) is 13.2 Å². The van der Waals surface area contributed by atoms with E-state index in [1.807, 2.05) is 20.8 Å². The fraction of sp³-hybridized carbons (Fsp3) is 0.588. The highest BCUT2D eigenvalue weighted by Gasteiger charge is 2.20. The van der Waals surface area contributed by atoms with Crippen molar-refractivity contribution >= 4 is 21.7 Å². The lowest BCUT2D eigenvalue weighted by Gasteiger charge is -2.15. The summed E-state index contributed by atoms with van der Waals surface area (Å²) in [5, 5.41) is 12.2. The number of hydrogen-bond donors (Lipinski definition) is 3. The minimum absolute atomic E-state index is 0.0485. The molecule has 0 heterocycles. The van der Waals surface area contributed by atoms with Gasteiger partial charge in [0.1, 0.15) is 4.90 Å². The molecule has 0 radical (unpaired) electrons. The number of sulfonamides is 1. The van der Waals surface area contributed by atoms with Gasteiger partial charge in [0, 0.05) is 26.3 Å². The first-order valence-electron chi connectivity index (χ1n) is 8.46. The highest BCUT2D eigenvalue weighted by Crippen LogP contribution is 2.23. The van der Waals surface area contributed by atoms with Gasteiger partial charge in [-0.05, 0) is 43.9 Å². The number of hydrogen-bond acceptors (Lipinski definition) is 5. The molecule has 25 heavy (non-hydrogen) atoms.